The number of nitrogens with one attached hydrogen (secondary N) is 2. The Hall–Kier alpha value is -3.59. The van der Waals surface area contributed by atoms with Gasteiger partial charge >= 0.3 is 0 Å². The molecular formula is C33H40FN3O4. The zero-order valence-corrected chi connectivity index (χ0v) is 23.8. The predicted molar refractivity (Wildman–Crippen MR) is 158 cm³/mol. The van der Waals surface area contributed by atoms with Crippen LogP contribution in [-0.4, -0.2) is 60.2 Å². The molecule has 0 spiro atoms. The third-order valence-electron chi connectivity index (χ3n) is 7.95. The molecule has 1 fully saturated rings. The summed E-state index contributed by atoms with van der Waals surface area (Å²) in [5, 5.41) is 27.4. The molecule has 1 aliphatic rings. The number of halogens is 1. The van der Waals surface area contributed by atoms with Crippen LogP contribution in [0.3, 0.4) is 0 Å². The molecule has 7 nitrogen and oxygen atoms in total. The van der Waals surface area contributed by atoms with Gasteiger partial charge in [0.2, 0.25) is 5.91 Å². The van der Waals surface area contributed by atoms with E-state index in [1.54, 1.807) is 17.0 Å². The van der Waals surface area contributed by atoms with Gasteiger partial charge in [0.05, 0.1) is 5.60 Å². The van der Waals surface area contributed by atoms with Gasteiger partial charge in [-0.1, -0.05) is 54.1 Å². The largest absolute Gasteiger partial charge is 0.387 e. The Balaban J connectivity index is 1.67. The number of piperidine rings is 1. The molecule has 0 radical (unpaired) electrons. The molecule has 4 N–H and O–H groups in total. The van der Waals surface area contributed by atoms with E-state index >= 15 is 4.39 Å². The van der Waals surface area contributed by atoms with Gasteiger partial charge in [-0.25, -0.2) is 4.39 Å². The summed E-state index contributed by atoms with van der Waals surface area (Å²) >= 11 is 0. The summed E-state index contributed by atoms with van der Waals surface area (Å²) in [6, 6.07) is 19.9. The first kappa shape index (κ1) is 30.4. The number of carbonyl (C=O) groups is 2. The molecule has 8 heteroatoms. The molecule has 0 bridgehead atoms. The Morgan fingerprint density at radius 1 is 1.10 bits per heavy atom. The molecule has 1 aliphatic heterocycles. The third-order valence-corrected chi connectivity index (χ3v) is 7.95. The Bertz CT molecular complexity index is 1350. The van der Waals surface area contributed by atoms with Crippen LogP contribution in [0.25, 0.3) is 11.1 Å². The highest BCUT2D eigenvalue weighted by molar-refractivity contribution is 5.94. The minimum atomic E-state index is -1.47. The Kier molecular flexibility index (Phi) is 10.3. The zero-order valence-electron chi connectivity index (χ0n) is 23.8. The summed E-state index contributed by atoms with van der Waals surface area (Å²) in [7, 11) is 1.87. The van der Waals surface area contributed by atoms with E-state index in [1.807, 2.05) is 62.5 Å². The van der Waals surface area contributed by atoms with Crippen molar-refractivity contribution in [1.29, 1.82) is 0 Å². The summed E-state index contributed by atoms with van der Waals surface area (Å²) in [5.41, 5.74) is 2.68. The number of hydrogen-bond acceptors (Lipinski definition) is 5. The topological polar surface area (TPSA) is 102 Å². The van der Waals surface area contributed by atoms with Crippen LogP contribution in [0.15, 0.2) is 66.7 Å². The fourth-order valence-electron chi connectivity index (χ4n) is 5.88. The van der Waals surface area contributed by atoms with Crippen molar-refractivity contribution >= 4 is 11.8 Å². The lowest BCUT2D eigenvalue weighted by atomic mass is 9.72. The van der Waals surface area contributed by atoms with E-state index in [4.69, 9.17) is 5.11 Å². The van der Waals surface area contributed by atoms with Gasteiger partial charge in [-0.15, -0.1) is 0 Å². The molecule has 0 unspecified atom stereocenters. The van der Waals surface area contributed by atoms with Crippen molar-refractivity contribution in [2.75, 3.05) is 33.3 Å². The number of rotatable bonds is 11. The highest BCUT2D eigenvalue weighted by atomic mass is 19.1. The number of aryl methyl sites for hydroxylation is 1. The lowest BCUT2D eigenvalue weighted by molar-refractivity contribution is -0.123. The van der Waals surface area contributed by atoms with E-state index in [0.717, 1.165) is 11.1 Å². The van der Waals surface area contributed by atoms with Crippen LogP contribution in [0, 0.1) is 18.7 Å². The second-order valence-corrected chi connectivity index (χ2v) is 10.9. The average molecular weight is 562 g/mol. The molecular weight excluding hydrogens is 521 g/mol. The maximum Gasteiger partial charge on any atom is 0.253 e. The summed E-state index contributed by atoms with van der Waals surface area (Å²) < 4.78 is 15.6. The smallest absolute Gasteiger partial charge is 0.253 e. The zero-order chi connectivity index (χ0) is 29.4. The monoisotopic (exact) mass is 561 g/mol. The molecule has 3 aromatic carbocycles. The molecule has 3 aromatic rings. The number of aliphatic hydroxyl groups excluding tert-OH is 1. The van der Waals surface area contributed by atoms with Gasteiger partial charge in [-0.2, -0.15) is 0 Å². The second-order valence-electron chi connectivity index (χ2n) is 10.9. The molecule has 0 aromatic heterocycles. The van der Waals surface area contributed by atoms with Crippen LogP contribution in [0.2, 0.25) is 0 Å². The van der Waals surface area contributed by atoms with E-state index in [1.165, 1.54) is 6.07 Å². The fourth-order valence-corrected chi connectivity index (χ4v) is 5.88. The summed E-state index contributed by atoms with van der Waals surface area (Å²) in [4.78, 5) is 26.9. The normalized spacial score (nSPS) is 16.7. The average Bonchev–Trinajstić information content (AvgIpc) is 2.99. The Morgan fingerprint density at radius 3 is 2.56 bits per heavy atom. The van der Waals surface area contributed by atoms with Crippen molar-refractivity contribution in [3.63, 3.8) is 0 Å². The van der Waals surface area contributed by atoms with E-state index in [-0.39, 0.29) is 24.8 Å². The number of amides is 2. The molecule has 0 saturated carbocycles. The van der Waals surface area contributed by atoms with Crippen LogP contribution in [0.1, 0.15) is 52.7 Å². The van der Waals surface area contributed by atoms with Crippen molar-refractivity contribution in [1.82, 2.24) is 15.5 Å². The third kappa shape index (κ3) is 7.19. The lowest BCUT2D eigenvalue weighted by Gasteiger charge is -2.43. The van der Waals surface area contributed by atoms with E-state index in [2.05, 4.69) is 10.6 Å². The van der Waals surface area contributed by atoms with Crippen molar-refractivity contribution in [2.24, 2.45) is 5.92 Å². The van der Waals surface area contributed by atoms with Crippen molar-refractivity contribution < 1.29 is 24.2 Å². The number of nitrogens with zero attached hydrogens (tertiary/aromatic N) is 1. The molecule has 1 saturated heterocycles. The quantitative estimate of drug-likeness (QED) is 0.264. The van der Waals surface area contributed by atoms with Gasteiger partial charge < -0.3 is 25.7 Å². The van der Waals surface area contributed by atoms with Gasteiger partial charge in [0.1, 0.15) is 12.4 Å². The SMILES string of the molecule is CNCc1ccc(C(=O)N2CCC[C@@H]([C@@](O)(CCCNC(=O)CO)c3cccc(F)c3-c3cccc(C)c3)C2)cc1. The van der Waals surface area contributed by atoms with Crippen molar-refractivity contribution in [2.45, 2.75) is 44.8 Å². The van der Waals surface area contributed by atoms with Gasteiger partial charge in [-0.3, -0.25) is 9.59 Å². The van der Waals surface area contributed by atoms with Crippen molar-refractivity contribution in [3.05, 3.63) is 94.8 Å². The second kappa shape index (κ2) is 13.9. The first-order valence-corrected chi connectivity index (χ1v) is 14.3. The highest BCUT2D eigenvalue weighted by Crippen LogP contribution is 2.44. The highest BCUT2D eigenvalue weighted by Gasteiger charge is 2.43. The van der Waals surface area contributed by atoms with Gasteiger partial charge in [0.15, 0.2) is 0 Å². The van der Waals surface area contributed by atoms with Crippen LogP contribution in [0.4, 0.5) is 4.39 Å². The van der Waals surface area contributed by atoms with E-state index < -0.39 is 23.9 Å². The van der Waals surface area contributed by atoms with Crippen LogP contribution in [-0.2, 0) is 16.9 Å². The maximum absolute atomic E-state index is 15.6. The fraction of sp³-hybridized carbons (Fsp3) is 0.394. The summed E-state index contributed by atoms with van der Waals surface area (Å²) in [6.45, 7) is 3.19. The van der Waals surface area contributed by atoms with Crippen LogP contribution < -0.4 is 10.6 Å². The number of benzene rings is 3. The minimum Gasteiger partial charge on any atom is -0.387 e. The number of aliphatic hydroxyl groups is 2. The Morgan fingerprint density at radius 2 is 1.85 bits per heavy atom. The van der Waals surface area contributed by atoms with Crippen molar-refractivity contribution in [3.8, 4) is 11.1 Å². The Labute approximate surface area is 241 Å². The molecule has 2 amide bonds. The number of likely N-dealkylation sites (tertiary alicyclic amines) is 1. The van der Waals surface area contributed by atoms with Crippen LogP contribution >= 0.6 is 0 Å². The molecule has 0 aliphatic carbocycles. The first-order chi connectivity index (χ1) is 19.8. The first-order valence-electron chi connectivity index (χ1n) is 14.3. The molecule has 41 heavy (non-hydrogen) atoms. The van der Waals surface area contributed by atoms with Gasteiger partial charge in [-0.05, 0) is 74.5 Å². The van der Waals surface area contributed by atoms with Gasteiger partial charge in [0, 0.05) is 43.2 Å². The van der Waals surface area contributed by atoms with E-state index in [0.29, 0.717) is 61.2 Å². The number of carbonyl (C=O) groups excluding carboxylic acids is 2. The van der Waals surface area contributed by atoms with Crippen LogP contribution in [0.5, 0.6) is 0 Å². The predicted octanol–water partition coefficient (Wildman–Crippen LogP) is 4.15. The molecule has 1 heterocycles. The molecule has 2 atom stereocenters. The van der Waals surface area contributed by atoms with E-state index in [9.17, 15) is 14.7 Å². The number of hydrogen-bond donors (Lipinski definition) is 4. The maximum atomic E-state index is 15.6. The standard InChI is InChI=1S/C33H40FN3O4/c1-23-7-3-8-26(19-23)31-28(10-4-11-29(31)34)33(41,16-6-17-36-30(39)22-38)27-9-5-18-37(21-27)32(40)25-14-12-24(13-15-25)20-35-2/h3-4,7-8,10-15,19,27,35,38,41H,5-6,9,16-18,20-22H2,1-2H3,(H,36,39)/t27-,33+/m1/s1. The minimum absolute atomic E-state index is 0.0959. The molecule has 4 rings (SSSR count). The molecule has 218 valence electrons. The summed E-state index contributed by atoms with van der Waals surface area (Å²) in [6.07, 6.45) is 2.01. The summed E-state index contributed by atoms with van der Waals surface area (Å²) in [5.74, 6) is -1.37. The lowest BCUT2D eigenvalue weighted by Crippen LogP contribution is -2.48. The van der Waals surface area contributed by atoms with Gasteiger partial charge in [0.25, 0.3) is 5.91 Å².